The second-order valence-electron chi connectivity index (χ2n) is 4.49. The number of rotatable bonds is 4. The quantitative estimate of drug-likeness (QED) is 0.660. The SMILES string of the molecule is CC(=O)NCCN1C(=O)NC(=O)C(C(C)C)C1=O. The van der Waals surface area contributed by atoms with Gasteiger partial charge in [0, 0.05) is 20.0 Å². The third-order valence-corrected chi connectivity index (χ3v) is 2.67. The lowest BCUT2D eigenvalue weighted by molar-refractivity contribution is -0.144. The van der Waals surface area contributed by atoms with E-state index in [2.05, 4.69) is 10.6 Å². The summed E-state index contributed by atoms with van der Waals surface area (Å²) < 4.78 is 0. The molecule has 7 nitrogen and oxygen atoms in total. The second kappa shape index (κ2) is 5.61. The number of imide groups is 2. The molecule has 5 amide bonds. The van der Waals surface area contributed by atoms with Gasteiger partial charge in [-0.1, -0.05) is 13.8 Å². The van der Waals surface area contributed by atoms with Crippen molar-refractivity contribution in [2.45, 2.75) is 20.8 Å². The lowest BCUT2D eigenvalue weighted by Crippen LogP contribution is -2.60. The molecule has 0 bridgehead atoms. The van der Waals surface area contributed by atoms with Crippen LogP contribution >= 0.6 is 0 Å². The van der Waals surface area contributed by atoms with Crippen LogP contribution in [-0.4, -0.2) is 41.7 Å². The van der Waals surface area contributed by atoms with Gasteiger partial charge in [-0.05, 0) is 5.92 Å². The van der Waals surface area contributed by atoms with Gasteiger partial charge < -0.3 is 5.32 Å². The largest absolute Gasteiger partial charge is 0.355 e. The van der Waals surface area contributed by atoms with Crippen LogP contribution in [0.1, 0.15) is 20.8 Å². The van der Waals surface area contributed by atoms with Gasteiger partial charge in [-0.2, -0.15) is 0 Å². The number of hydrogen-bond acceptors (Lipinski definition) is 4. The van der Waals surface area contributed by atoms with E-state index in [0.717, 1.165) is 4.90 Å². The molecule has 0 aliphatic carbocycles. The molecule has 0 aromatic rings. The molecular weight excluding hydrogens is 238 g/mol. The fourth-order valence-corrected chi connectivity index (χ4v) is 1.77. The van der Waals surface area contributed by atoms with Crippen molar-refractivity contribution in [3.05, 3.63) is 0 Å². The predicted octanol–water partition coefficient (Wildman–Crippen LogP) is -0.527. The Kier molecular flexibility index (Phi) is 4.41. The second-order valence-corrected chi connectivity index (χ2v) is 4.49. The first kappa shape index (κ1) is 14.1. The van der Waals surface area contributed by atoms with Crippen LogP contribution in [0.3, 0.4) is 0 Å². The van der Waals surface area contributed by atoms with Gasteiger partial charge in [-0.25, -0.2) is 4.79 Å². The molecule has 1 fully saturated rings. The monoisotopic (exact) mass is 255 g/mol. The summed E-state index contributed by atoms with van der Waals surface area (Å²) in [7, 11) is 0. The number of barbiturate groups is 1. The average Bonchev–Trinajstić information content (AvgIpc) is 2.21. The Morgan fingerprint density at radius 3 is 2.50 bits per heavy atom. The number of nitrogens with one attached hydrogen (secondary N) is 2. The topological polar surface area (TPSA) is 95.6 Å². The van der Waals surface area contributed by atoms with Crippen LogP contribution in [0.15, 0.2) is 0 Å². The normalized spacial score (nSPS) is 20.1. The van der Waals surface area contributed by atoms with Crippen LogP contribution in [0.4, 0.5) is 4.79 Å². The van der Waals surface area contributed by atoms with Crippen LogP contribution in [-0.2, 0) is 14.4 Å². The molecule has 100 valence electrons. The van der Waals surface area contributed by atoms with Gasteiger partial charge in [0.25, 0.3) is 0 Å². The van der Waals surface area contributed by atoms with E-state index in [1.54, 1.807) is 13.8 Å². The zero-order valence-corrected chi connectivity index (χ0v) is 10.6. The van der Waals surface area contributed by atoms with Crippen molar-refractivity contribution >= 4 is 23.8 Å². The van der Waals surface area contributed by atoms with Gasteiger partial charge in [0.15, 0.2) is 0 Å². The first-order chi connectivity index (χ1) is 8.34. The van der Waals surface area contributed by atoms with Gasteiger partial charge in [-0.3, -0.25) is 24.6 Å². The standard InChI is InChI=1S/C11H17N3O4/c1-6(2)8-9(16)13-11(18)14(10(8)17)5-4-12-7(3)15/h6,8H,4-5H2,1-3H3,(H,12,15)(H,13,16,18). The summed E-state index contributed by atoms with van der Waals surface area (Å²) in [4.78, 5) is 46.7. The number of carbonyl (C=O) groups excluding carboxylic acids is 4. The van der Waals surface area contributed by atoms with E-state index < -0.39 is 23.8 Å². The highest BCUT2D eigenvalue weighted by Gasteiger charge is 2.41. The van der Waals surface area contributed by atoms with E-state index in [4.69, 9.17) is 0 Å². The van der Waals surface area contributed by atoms with E-state index in [1.807, 2.05) is 0 Å². The van der Waals surface area contributed by atoms with E-state index in [9.17, 15) is 19.2 Å². The van der Waals surface area contributed by atoms with Crippen LogP contribution < -0.4 is 10.6 Å². The van der Waals surface area contributed by atoms with Crippen LogP contribution in [0, 0.1) is 11.8 Å². The van der Waals surface area contributed by atoms with Crippen LogP contribution in [0.2, 0.25) is 0 Å². The Hall–Kier alpha value is -1.92. The molecule has 1 heterocycles. The molecule has 0 aromatic heterocycles. The lowest BCUT2D eigenvalue weighted by atomic mass is 9.92. The Morgan fingerprint density at radius 1 is 1.39 bits per heavy atom. The Bertz CT molecular complexity index is 392. The average molecular weight is 255 g/mol. The smallest absolute Gasteiger partial charge is 0.330 e. The Labute approximate surface area is 105 Å². The molecule has 18 heavy (non-hydrogen) atoms. The third kappa shape index (κ3) is 3.06. The van der Waals surface area contributed by atoms with Crippen molar-refractivity contribution < 1.29 is 19.2 Å². The van der Waals surface area contributed by atoms with Gasteiger partial charge in [-0.15, -0.1) is 0 Å². The summed E-state index contributed by atoms with van der Waals surface area (Å²) in [6, 6.07) is -0.729. The highest BCUT2D eigenvalue weighted by Crippen LogP contribution is 2.18. The van der Waals surface area contributed by atoms with E-state index in [-0.39, 0.29) is 24.9 Å². The zero-order chi connectivity index (χ0) is 13.9. The van der Waals surface area contributed by atoms with E-state index >= 15 is 0 Å². The maximum atomic E-state index is 12.0. The van der Waals surface area contributed by atoms with Crippen LogP contribution in [0.5, 0.6) is 0 Å². The maximum absolute atomic E-state index is 12.0. The van der Waals surface area contributed by atoms with Crippen molar-refractivity contribution in [2.24, 2.45) is 11.8 Å². The van der Waals surface area contributed by atoms with Gasteiger partial charge in [0.05, 0.1) is 0 Å². The molecule has 1 aliphatic rings. The molecule has 1 atom stereocenters. The molecule has 7 heteroatoms. The van der Waals surface area contributed by atoms with Crippen molar-refractivity contribution in [1.29, 1.82) is 0 Å². The molecule has 0 aromatic carbocycles. The minimum atomic E-state index is -0.847. The maximum Gasteiger partial charge on any atom is 0.330 e. The molecule has 1 rings (SSSR count). The third-order valence-electron chi connectivity index (χ3n) is 2.67. The molecular formula is C11H17N3O4. The lowest BCUT2D eigenvalue weighted by Gasteiger charge is -2.31. The number of urea groups is 1. The van der Waals surface area contributed by atoms with Crippen molar-refractivity contribution in [3.8, 4) is 0 Å². The summed E-state index contributed by atoms with van der Waals surface area (Å²) in [5.74, 6) is -2.34. The Morgan fingerprint density at radius 2 is 2.00 bits per heavy atom. The van der Waals surface area contributed by atoms with E-state index in [1.165, 1.54) is 6.92 Å². The number of amides is 5. The summed E-state index contributed by atoms with van der Waals surface area (Å²) in [5.41, 5.74) is 0. The van der Waals surface area contributed by atoms with Crippen LogP contribution in [0.25, 0.3) is 0 Å². The highest BCUT2D eigenvalue weighted by atomic mass is 16.2. The number of hydrogen-bond donors (Lipinski definition) is 2. The fraction of sp³-hybridized carbons (Fsp3) is 0.636. The zero-order valence-electron chi connectivity index (χ0n) is 10.6. The Balaban J connectivity index is 2.71. The molecule has 0 radical (unpaired) electrons. The summed E-state index contributed by atoms with van der Waals surface area (Å²) >= 11 is 0. The minimum absolute atomic E-state index is 0.0563. The first-order valence-electron chi connectivity index (χ1n) is 5.75. The summed E-state index contributed by atoms with van der Waals surface area (Å²) in [6.45, 7) is 5.06. The van der Waals surface area contributed by atoms with Gasteiger partial charge in [0.2, 0.25) is 17.7 Å². The molecule has 0 spiro atoms. The fourth-order valence-electron chi connectivity index (χ4n) is 1.77. The van der Waals surface area contributed by atoms with Crippen molar-refractivity contribution in [1.82, 2.24) is 15.5 Å². The molecule has 2 N–H and O–H groups in total. The van der Waals surface area contributed by atoms with Gasteiger partial charge in [0.1, 0.15) is 5.92 Å². The van der Waals surface area contributed by atoms with Crippen molar-refractivity contribution in [3.63, 3.8) is 0 Å². The molecule has 1 saturated heterocycles. The molecule has 1 unspecified atom stereocenters. The number of carbonyl (C=O) groups is 4. The predicted molar refractivity (Wildman–Crippen MR) is 62.3 cm³/mol. The van der Waals surface area contributed by atoms with Crippen molar-refractivity contribution in [2.75, 3.05) is 13.1 Å². The van der Waals surface area contributed by atoms with E-state index in [0.29, 0.717) is 0 Å². The van der Waals surface area contributed by atoms with Gasteiger partial charge >= 0.3 is 6.03 Å². The summed E-state index contributed by atoms with van der Waals surface area (Å²) in [5, 5.41) is 4.64. The summed E-state index contributed by atoms with van der Waals surface area (Å²) in [6.07, 6.45) is 0. The first-order valence-corrected chi connectivity index (χ1v) is 5.75. The molecule has 1 aliphatic heterocycles. The molecule has 0 saturated carbocycles. The number of nitrogens with zero attached hydrogens (tertiary/aromatic N) is 1. The minimum Gasteiger partial charge on any atom is -0.355 e. The highest BCUT2D eigenvalue weighted by molar-refractivity contribution is 6.16.